The maximum absolute atomic E-state index is 4.94. The Balaban J connectivity index is 1.79. The van der Waals surface area contributed by atoms with Crippen LogP contribution in [0.15, 0.2) is 23.4 Å². The Labute approximate surface area is 98.8 Å². The maximum atomic E-state index is 4.94. The summed E-state index contributed by atoms with van der Waals surface area (Å²) in [4.78, 5) is 8.22. The molecule has 0 fully saturated rings. The molecule has 2 heterocycles. The topological polar surface area (TPSA) is 78.0 Å². The van der Waals surface area contributed by atoms with Gasteiger partial charge in [-0.1, -0.05) is 5.16 Å². The van der Waals surface area contributed by atoms with Crippen molar-refractivity contribution in [3.8, 4) is 0 Å². The summed E-state index contributed by atoms with van der Waals surface area (Å²) in [6.07, 6.45) is 5.03. The fraction of sp³-hybridized carbons (Fsp3) is 0.500. The average molecular weight is 237 g/mol. The molecule has 2 rings (SSSR count). The van der Waals surface area contributed by atoms with E-state index in [-0.39, 0.29) is 0 Å². The SMILES string of the molecule is COCCNCc1cn(Cc2ncon2)cn1. The average Bonchev–Trinajstić information content (AvgIpc) is 2.97. The van der Waals surface area contributed by atoms with Gasteiger partial charge in [0.05, 0.1) is 25.2 Å². The Hall–Kier alpha value is -1.73. The van der Waals surface area contributed by atoms with Crippen LogP contribution < -0.4 is 5.32 Å². The minimum Gasteiger partial charge on any atom is -0.383 e. The zero-order valence-electron chi connectivity index (χ0n) is 9.67. The van der Waals surface area contributed by atoms with Crippen LogP contribution in [0.4, 0.5) is 0 Å². The highest BCUT2D eigenvalue weighted by molar-refractivity contribution is 4.98. The van der Waals surface area contributed by atoms with E-state index >= 15 is 0 Å². The summed E-state index contributed by atoms with van der Waals surface area (Å²) in [6, 6.07) is 0. The standard InChI is InChI=1S/C10H15N5O2/c1-16-3-2-11-4-9-5-15(7-12-9)6-10-13-8-17-14-10/h5,7-8,11H,2-4,6H2,1H3. The van der Waals surface area contributed by atoms with Crippen molar-refractivity contribution >= 4 is 0 Å². The van der Waals surface area contributed by atoms with E-state index in [9.17, 15) is 0 Å². The second-order valence-corrected chi connectivity index (χ2v) is 3.55. The number of nitrogens with one attached hydrogen (secondary N) is 1. The summed E-state index contributed by atoms with van der Waals surface area (Å²) in [7, 11) is 1.68. The number of imidazole rings is 1. The summed E-state index contributed by atoms with van der Waals surface area (Å²) in [5.41, 5.74) is 0.976. The monoisotopic (exact) mass is 237 g/mol. The minimum absolute atomic E-state index is 0.571. The first-order valence-electron chi connectivity index (χ1n) is 5.34. The molecule has 0 saturated carbocycles. The molecule has 0 aliphatic heterocycles. The number of hydrogen-bond acceptors (Lipinski definition) is 6. The Morgan fingerprint density at radius 1 is 1.47 bits per heavy atom. The van der Waals surface area contributed by atoms with Crippen molar-refractivity contribution in [3.05, 3.63) is 30.4 Å². The van der Waals surface area contributed by atoms with Crippen LogP contribution >= 0.6 is 0 Å². The van der Waals surface area contributed by atoms with Gasteiger partial charge in [0.25, 0.3) is 0 Å². The molecule has 17 heavy (non-hydrogen) atoms. The van der Waals surface area contributed by atoms with Crippen LogP contribution in [0, 0.1) is 0 Å². The van der Waals surface area contributed by atoms with Crippen LogP contribution in [-0.4, -0.2) is 40.0 Å². The lowest BCUT2D eigenvalue weighted by Gasteiger charge is -2.00. The summed E-state index contributed by atoms with van der Waals surface area (Å²) >= 11 is 0. The molecular formula is C10H15N5O2. The number of nitrogens with zero attached hydrogens (tertiary/aromatic N) is 4. The zero-order valence-corrected chi connectivity index (χ0v) is 9.67. The van der Waals surface area contributed by atoms with E-state index in [0.29, 0.717) is 19.0 Å². The molecular weight excluding hydrogens is 222 g/mol. The number of rotatable bonds is 7. The Morgan fingerprint density at radius 2 is 2.41 bits per heavy atom. The smallest absolute Gasteiger partial charge is 0.213 e. The van der Waals surface area contributed by atoms with E-state index in [1.54, 1.807) is 13.4 Å². The lowest BCUT2D eigenvalue weighted by atomic mass is 10.4. The molecule has 0 atom stereocenters. The highest BCUT2D eigenvalue weighted by Crippen LogP contribution is 1.99. The number of aromatic nitrogens is 4. The predicted molar refractivity (Wildman–Crippen MR) is 59.2 cm³/mol. The van der Waals surface area contributed by atoms with Crippen molar-refractivity contribution in [1.29, 1.82) is 0 Å². The lowest BCUT2D eigenvalue weighted by molar-refractivity contribution is 0.199. The molecule has 92 valence electrons. The highest BCUT2D eigenvalue weighted by Gasteiger charge is 2.02. The van der Waals surface area contributed by atoms with Gasteiger partial charge in [0.15, 0.2) is 5.82 Å². The summed E-state index contributed by atoms with van der Waals surface area (Å²) in [6.45, 7) is 2.81. The second-order valence-electron chi connectivity index (χ2n) is 3.55. The van der Waals surface area contributed by atoms with Crippen LogP contribution in [-0.2, 0) is 17.8 Å². The first-order chi connectivity index (χ1) is 8.38. The van der Waals surface area contributed by atoms with Gasteiger partial charge in [0.2, 0.25) is 6.39 Å². The zero-order chi connectivity index (χ0) is 11.9. The Kier molecular flexibility index (Phi) is 4.23. The van der Waals surface area contributed by atoms with Crippen LogP contribution in [0.2, 0.25) is 0 Å². The van der Waals surface area contributed by atoms with Gasteiger partial charge >= 0.3 is 0 Å². The van der Waals surface area contributed by atoms with Crippen molar-refractivity contribution in [1.82, 2.24) is 25.0 Å². The van der Waals surface area contributed by atoms with Crippen molar-refractivity contribution in [2.75, 3.05) is 20.3 Å². The van der Waals surface area contributed by atoms with Crippen molar-refractivity contribution in [2.45, 2.75) is 13.1 Å². The van der Waals surface area contributed by atoms with E-state index in [4.69, 9.17) is 4.74 Å². The van der Waals surface area contributed by atoms with E-state index < -0.39 is 0 Å². The number of methoxy groups -OCH3 is 1. The Bertz CT molecular complexity index is 426. The van der Waals surface area contributed by atoms with Gasteiger partial charge in [0.1, 0.15) is 0 Å². The first kappa shape index (κ1) is 11.7. The predicted octanol–water partition coefficient (Wildman–Crippen LogP) is 0.0504. The van der Waals surface area contributed by atoms with Crippen LogP contribution in [0.25, 0.3) is 0 Å². The summed E-state index contributed by atoms with van der Waals surface area (Å²) in [5.74, 6) is 0.640. The molecule has 0 spiro atoms. The molecule has 1 N–H and O–H groups in total. The van der Waals surface area contributed by atoms with E-state index in [1.165, 1.54) is 6.39 Å². The molecule has 0 bridgehead atoms. The van der Waals surface area contributed by atoms with Gasteiger partial charge in [-0.3, -0.25) is 0 Å². The third-order valence-corrected chi connectivity index (χ3v) is 2.21. The maximum Gasteiger partial charge on any atom is 0.213 e. The molecule has 0 unspecified atom stereocenters. The van der Waals surface area contributed by atoms with Crippen LogP contribution in [0.1, 0.15) is 11.5 Å². The first-order valence-corrected chi connectivity index (χ1v) is 5.34. The van der Waals surface area contributed by atoms with Gasteiger partial charge in [-0.05, 0) is 0 Å². The normalized spacial score (nSPS) is 10.9. The van der Waals surface area contributed by atoms with E-state index in [0.717, 1.165) is 18.8 Å². The van der Waals surface area contributed by atoms with E-state index in [1.807, 2.05) is 10.8 Å². The third kappa shape index (κ3) is 3.65. The molecule has 2 aromatic rings. The minimum atomic E-state index is 0.571. The van der Waals surface area contributed by atoms with E-state index in [2.05, 4.69) is 25.0 Å². The number of ether oxygens (including phenoxy) is 1. The van der Waals surface area contributed by atoms with Crippen LogP contribution in [0.5, 0.6) is 0 Å². The van der Waals surface area contributed by atoms with Crippen molar-refractivity contribution in [3.63, 3.8) is 0 Å². The van der Waals surface area contributed by atoms with Crippen LogP contribution in [0.3, 0.4) is 0 Å². The molecule has 2 aromatic heterocycles. The molecule has 0 aromatic carbocycles. The fourth-order valence-electron chi connectivity index (χ4n) is 1.40. The van der Waals surface area contributed by atoms with Crippen molar-refractivity contribution in [2.24, 2.45) is 0 Å². The molecule has 7 heteroatoms. The molecule has 0 aliphatic rings. The highest BCUT2D eigenvalue weighted by atomic mass is 16.5. The van der Waals surface area contributed by atoms with Crippen molar-refractivity contribution < 1.29 is 9.26 Å². The van der Waals surface area contributed by atoms with Gasteiger partial charge in [-0.15, -0.1) is 0 Å². The third-order valence-electron chi connectivity index (χ3n) is 2.21. The summed E-state index contributed by atoms with van der Waals surface area (Å²) < 4.78 is 11.5. The molecule has 7 nitrogen and oxygen atoms in total. The van der Waals surface area contributed by atoms with Gasteiger partial charge in [-0.2, -0.15) is 4.98 Å². The molecule has 0 amide bonds. The fourth-order valence-corrected chi connectivity index (χ4v) is 1.40. The largest absolute Gasteiger partial charge is 0.383 e. The Morgan fingerprint density at radius 3 is 3.18 bits per heavy atom. The lowest BCUT2D eigenvalue weighted by Crippen LogP contribution is -2.18. The van der Waals surface area contributed by atoms with Gasteiger partial charge < -0.3 is 19.1 Å². The number of hydrogen-bond donors (Lipinski definition) is 1. The second kappa shape index (κ2) is 6.12. The molecule has 0 saturated heterocycles. The quantitative estimate of drug-likeness (QED) is 0.686. The van der Waals surface area contributed by atoms with Gasteiger partial charge in [0, 0.05) is 26.4 Å². The van der Waals surface area contributed by atoms with Gasteiger partial charge in [-0.25, -0.2) is 4.98 Å². The molecule has 0 radical (unpaired) electrons. The summed E-state index contributed by atoms with van der Waals surface area (Å²) in [5, 5.41) is 6.96. The molecule has 0 aliphatic carbocycles.